The van der Waals surface area contributed by atoms with E-state index in [-0.39, 0.29) is 0 Å². The molecule has 1 aliphatic heterocycles. The minimum atomic E-state index is -1.22. The number of hydrogen-bond acceptors (Lipinski definition) is 6. The molecule has 2 heterocycles. The molecule has 2 aromatic rings. The monoisotopic (exact) mass is 399 g/mol. The largest absolute Gasteiger partial charge is 0.391 e. The molecule has 0 aliphatic carbocycles. The van der Waals surface area contributed by atoms with Crippen LogP contribution in [0, 0.1) is 0 Å². The number of benzene rings is 1. The molecule has 1 fully saturated rings. The number of pyridine rings is 1. The number of anilines is 1. The summed E-state index contributed by atoms with van der Waals surface area (Å²) in [5.74, 6) is -0.860. The number of hydroxylamine groups is 1. The summed E-state index contributed by atoms with van der Waals surface area (Å²) in [4.78, 5) is 31.8. The van der Waals surface area contributed by atoms with E-state index in [1.54, 1.807) is 17.3 Å². The van der Waals surface area contributed by atoms with Crippen molar-refractivity contribution in [2.24, 2.45) is 0 Å². The molecule has 3 amide bonds. The smallest absolute Gasteiger partial charge is 0.318 e. The summed E-state index contributed by atoms with van der Waals surface area (Å²) < 4.78 is 0. The number of rotatable bonds is 5. The summed E-state index contributed by atoms with van der Waals surface area (Å²) in [6.45, 7) is 3.62. The van der Waals surface area contributed by atoms with Crippen LogP contribution >= 0.6 is 0 Å². The Kier molecular flexibility index (Phi) is 6.63. The molecule has 0 spiro atoms. The molecule has 4 N–H and O–H groups in total. The molecule has 1 aromatic carbocycles. The maximum atomic E-state index is 12.4. The first-order valence-corrected chi connectivity index (χ1v) is 9.42. The van der Waals surface area contributed by atoms with Crippen LogP contribution in [0.1, 0.15) is 6.92 Å². The molecule has 0 unspecified atom stereocenters. The van der Waals surface area contributed by atoms with Crippen molar-refractivity contribution in [2.45, 2.75) is 19.1 Å². The first-order valence-electron chi connectivity index (χ1n) is 9.42. The Morgan fingerprint density at radius 1 is 1.00 bits per heavy atom. The number of aliphatic hydroxyl groups is 1. The third-order valence-electron chi connectivity index (χ3n) is 4.97. The van der Waals surface area contributed by atoms with Crippen LogP contribution in [-0.4, -0.2) is 70.5 Å². The van der Waals surface area contributed by atoms with Gasteiger partial charge in [-0.25, -0.2) is 10.3 Å². The summed E-state index contributed by atoms with van der Waals surface area (Å²) in [6.07, 6.45) is 2.39. The van der Waals surface area contributed by atoms with E-state index in [1.165, 1.54) is 12.4 Å². The van der Waals surface area contributed by atoms with E-state index < -0.39 is 24.1 Å². The fraction of sp³-hybridized carbons (Fsp3) is 0.350. The lowest BCUT2D eigenvalue weighted by Crippen LogP contribution is -2.58. The van der Waals surface area contributed by atoms with Gasteiger partial charge in [-0.2, -0.15) is 0 Å². The van der Waals surface area contributed by atoms with Gasteiger partial charge in [0.25, 0.3) is 5.91 Å². The number of urea groups is 1. The number of piperazine rings is 1. The lowest BCUT2D eigenvalue weighted by Gasteiger charge is -2.36. The van der Waals surface area contributed by atoms with Crippen molar-refractivity contribution in [3.05, 3.63) is 48.8 Å². The van der Waals surface area contributed by atoms with Crippen molar-refractivity contribution < 1.29 is 19.9 Å². The molecule has 9 heteroatoms. The number of nitrogens with one attached hydrogen (secondary N) is 2. The minimum absolute atomic E-state index is 0.452. The number of amides is 3. The van der Waals surface area contributed by atoms with E-state index in [9.17, 15) is 14.7 Å². The Hall–Kier alpha value is -3.17. The quantitative estimate of drug-likeness (QED) is 0.437. The molecule has 154 valence electrons. The van der Waals surface area contributed by atoms with Crippen LogP contribution in [0.2, 0.25) is 0 Å². The summed E-state index contributed by atoms with van der Waals surface area (Å²) >= 11 is 0. The van der Waals surface area contributed by atoms with Gasteiger partial charge in [0.1, 0.15) is 6.04 Å². The summed E-state index contributed by atoms with van der Waals surface area (Å²) in [5, 5.41) is 20.8. The first kappa shape index (κ1) is 20.6. The molecule has 1 aliphatic rings. The van der Waals surface area contributed by atoms with Crippen LogP contribution in [0.25, 0.3) is 11.1 Å². The predicted octanol–water partition coefficient (Wildman–Crippen LogP) is 0.835. The molecule has 29 heavy (non-hydrogen) atoms. The first-order chi connectivity index (χ1) is 14.0. The number of nitrogens with zero attached hydrogens (tertiary/aromatic N) is 3. The molecule has 1 aromatic heterocycles. The Balaban J connectivity index is 1.56. The number of hydrogen-bond donors (Lipinski definition) is 4. The fourth-order valence-corrected chi connectivity index (χ4v) is 3.28. The van der Waals surface area contributed by atoms with Crippen LogP contribution in [0.4, 0.5) is 10.5 Å². The van der Waals surface area contributed by atoms with Crippen LogP contribution in [0.15, 0.2) is 48.8 Å². The van der Waals surface area contributed by atoms with Crippen molar-refractivity contribution >= 4 is 17.6 Å². The zero-order valence-corrected chi connectivity index (χ0v) is 16.2. The minimum Gasteiger partial charge on any atom is -0.391 e. The molecule has 9 nitrogen and oxygen atoms in total. The molecular formula is C20H25N5O4. The predicted molar refractivity (Wildman–Crippen MR) is 107 cm³/mol. The van der Waals surface area contributed by atoms with Crippen LogP contribution in [0.5, 0.6) is 0 Å². The SMILES string of the molecule is C[C@@H](O)[C@H](NC(=O)N1CCN(c2ccc(-c3ccncc3)cc2)CC1)C(=O)NO. The highest BCUT2D eigenvalue weighted by Gasteiger charge is 2.29. The maximum Gasteiger partial charge on any atom is 0.318 e. The van der Waals surface area contributed by atoms with Gasteiger partial charge in [-0.3, -0.25) is 15.0 Å². The zero-order valence-electron chi connectivity index (χ0n) is 16.2. The average Bonchev–Trinajstić information content (AvgIpc) is 2.77. The standard InChI is InChI=1S/C20H25N5O4/c1-14(26)18(19(27)23-29)22-20(28)25-12-10-24(11-13-25)17-4-2-15(3-5-17)16-6-8-21-9-7-16/h2-9,14,18,26,29H,10-13H2,1H3,(H,22,28)(H,23,27)/t14-,18+/m1/s1. The van der Waals surface area contributed by atoms with Crippen molar-refractivity contribution in [1.29, 1.82) is 0 Å². The highest BCUT2D eigenvalue weighted by Crippen LogP contribution is 2.23. The Bertz CT molecular complexity index is 821. The van der Waals surface area contributed by atoms with Crippen molar-refractivity contribution in [3.63, 3.8) is 0 Å². The van der Waals surface area contributed by atoms with E-state index in [4.69, 9.17) is 5.21 Å². The lowest BCUT2D eigenvalue weighted by molar-refractivity contribution is -0.133. The van der Waals surface area contributed by atoms with E-state index >= 15 is 0 Å². The molecule has 3 rings (SSSR count). The van der Waals surface area contributed by atoms with Crippen LogP contribution in [0.3, 0.4) is 0 Å². The lowest BCUT2D eigenvalue weighted by atomic mass is 10.1. The molecular weight excluding hydrogens is 374 g/mol. The maximum absolute atomic E-state index is 12.4. The van der Waals surface area contributed by atoms with E-state index in [1.807, 2.05) is 12.1 Å². The van der Waals surface area contributed by atoms with Crippen molar-refractivity contribution in [1.82, 2.24) is 20.7 Å². The number of aliphatic hydroxyl groups excluding tert-OH is 1. The molecule has 0 saturated carbocycles. The third kappa shape index (κ3) is 5.01. The molecule has 0 bridgehead atoms. The van der Waals surface area contributed by atoms with E-state index in [2.05, 4.69) is 39.5 Å². The average molecular weight is 399 g/mol. The normalized spacial score (nSPS) is 16.1. The second kappa shape index (κ2) is 9.35. The molecule has 2 atom stereocenters. The summed E-state index contributed by atoms with van der Waals surface area (Å²) in [7, 11) is 0. The van der Waals surface area contributed by atoms with Crippen LogP contribution in [-0.2, 0) is 4.79 Å². The Labute approximate surface area is 168 Å². The zero-order chi connectivity index (χ0) is 20.8. The molecule has 1 saturated heterocycles. The van der Waals surface area contributed by atoms with Gasteiger partial charge in [0.2, 0.25) is 0 Å². The Morgan fingerprint density at radius 3 is 2.14 bits per heavy atom. The van der Waals surface area contributed by atoms with Crippen molar-refractivity contribution in [3.8, 4) is 11.1 Å². The van der Waals surface area contributed by atoms with Crippen molar-refractivity contribution in [2.75, 3.05) is 31.1 Å². The van der Waals surface area contributed by atoms with Gasteiger partial charge in [0.05, 0.1) is 6.10 Å². The fourth-order valence-electron chi connectivity index (χ4n) is 3.28. The van der Waals surface area contributed by atoms with Crippen LogP contribution < -0.4 is 15.7 Å². The highest BCUT2D eigenvalue weighted by atomic mass is 16.5. The van der Waals surface area contributed by atoms with E-state index in [0.717, 1.165) is 16.8 Å². The molecule has 0 radical (unpaired) electrons. The van der Waals surface area contributed by atoms with Gasteiger partial charge in [0.15, 0.2) is 0 Å². The third-order valence-corrected chi connectivity index (χ3v) is 4.97. The van der Waals surface area contributed by atoms with Gasteiger partial charge < -0.3 is 20.2 Å². The second-order valence-corrected chi connectivity index (χ2v) is 6.90. The highest BCUT2D eigenvalue weighted by molar-refractivity contribution is 5.87. The van der Waals surface area contributed by atoms with Gasteiger partial charge in [-0.1, -0.05) is 12.1 Å². The summed E-state index contributed by atoms with van der Waals surface area (Å²) in [6, 6.07) is 10.5. The topological polar surface area (TPSA) is 118 Å². The van der Waals surface area contributed by atoms with Gasteiger partial charge in [0, 0.05) is 44.3 Å². The number of carbonyl (C=O) groups excluding carboxylic acids is 2. The second-order valence-electron chi connectivity index (χ2n) is 6.90. The van der Waals surface area contributed by atoms with Gasteiger partial charge in [-0.05, 0) is 42.3 Å². The Morgan fingerprint density at radius 2 is 1.59 bits per heavy atom. The summed E-state index contributed by atoms with van der Waals surface area (Å²) in [5.41, 5.74) is 4.75. The number of carbonyl (C=O) groups is 2. The van der Waals surface area contributed by atoms with E-state index in [0.29, 0.717) is 26.2 Å². The number of aromatic nitrogens is 1. The van der Waals surface area contributed by atoms with Gasteiger partial charge >= 0.3 is 6.03 Å². The van der Waals surface area contributed by atoms with Gasteiger partial charge in [-0.15, -0.1) is 0 Å².